The predicted octanol–water partition coefficient (Wildman–Crippen LogP) is -0.945. The Morgan fingerprint density at radius 2 is 1.33 bits per heavy atom. The van der Waals surface area contributed by atoms with E-state index in [0.717, 1.165) is 0 Å². The molecule has 1 aliphatic heterocycles. The summed E-state index contributed by atoms with van der Waals surface area (Å²) >= 11 is 0. The Kier molecular flexibility index (Phi) is 4.98. The average molecular weight is 351 g/mol. The number of hydrogen-bond acceptors (Lipinski definition) is 10. The molecule has 1 saturated heterocycles. The van der Waals surface area contributed by atoms with E-state index in [4.69, 9.17) is 5.11 Å². The third kappa shape index (κ3) is 2.80. The molecule has 1 N–H and O–H groups in total. The van der Waals surface area contributed by atoms with Gasteiger partial charge in [-0.3, -0.25) is 50.2 Å². The zero-order valence-electron chi connectivity index (χ0n) is 12.3. The minimum atomic E-state index is -3.26. The van der Waals surface area contributed by atoms with Crippen LogP contribution in [0.15, 0.2) is 0 Å². The molecule has 1 unspecified atom stereocenters. The molecule has 15 heteroatoms. The maximum Gasteiger partial charge on any atom is 0.485 e. The van der Waals surface area contributed by atoms with E-state index in [0.29, 0.717) is 4.90 Å². The summed E-state index contributed by atoms with van der Waals surface area (Å²) in [5.74, 6) is -1.56. The van der Waals surface area contributed by atoms with Crippen LogP contribution < -0.4 is 0 Å². The standard InChI is InChI=1S/C9H13N5O10/c1-2-6(7(15)16)10-4-8(11(17)18,12(19)20)3-9(5-10,13(21)22)14(23)24/h6H,2-5H2,1H3,(H,15,16). The van der Waals surface area contributed by atoms with Crippen molar-refractivity contribution >= 4 is 5.97 Å². The summed E-state index contributed by atoms with van der Waals surface area (Å²) in [6.07, 6.45) is -1.81. The van der Waals surface area contributed by atoms with E-state index >= 15 is 0 Å². The van der Waals surface area contributed by atoms with Crippen molar-refractivity contribution < 1.29 is 29.6 Å². The molecule has 134 valence electrons. The number of carboxylic acid groups (broad SMARTS) is 1. The quantitative estimate of drug-likeness (QED) is 0.335. The highest BCUT2D eigenvalue weighted by atomic mass is 16.7. The van der Waals surface area contributed by atoms with Crippen LogP contribution in [0.4, 0.5) is 0 Å². The number of nitrogens with zero attached hydrogens (tertiary/aromatic N) is 5. The van der Waals surface area contributed by atoms with Crippen molar-refractivity contribution in [2.45, 2.75) is 37.1 Å². The Bertz CT molecular complexity index is 538. The highest BCUT2D eigenvalue weighted by Gasteiger charge is 2.77. The van der Waals surface area contributed by atoms with Crippen LogP contribution in [0, 0.1) is 40.5 Å². The van der Waals surface area contributed by atoms with Gasteiger partial charge in [-0.05, 0) is 6.42 Å². The van der Waals surface area contributed by atoms with E-state index in [1.807, 2.05) is 0 Å². The summed E-state index contributed by atoms with van der Waals surface area (Å²) in [5.41, 5.74) is -6.53. The number of piperidine rings is 1. The molecule has 1 rings (SSSR count). The first-order chi connectivity index (χ1) is 10.9. The van der Waals surface area contributed by atoms with Crippen LogP contribution in [0.1, 0.15) is 19.8 Å². The Balaban J connectivity index is 3.59. The van der Waals surface area contributed by atoms with Crippen molar-refractivity contribution in [3.05, 3.63) is 40.5 Å². The number of nitro groups is 4. The monoisotopic (exact) mass is 351 g/mol. The van der Waals surface area contributed by atoms with Gasteiger partial charge in [-0.2, -0.15) is 0 Å². The van der Waals surface area contributed by atoms with Gasteiger partial charge in [-0.1, -0.05) is 6.92 Å². The van der Waals surface area contributed by atoms with Gasteiger partial charge in [0.1, 0.15) is 38.8 Å². The van der Waals surface area contributed by atoms with Crippen LogP contribution in [0.3, 0.4) is 0 Å². The molecular formula is C9H13N5O10. The fourth-order valence-electron chi connectivity index (χ4n) is 2.70. The lowest BCUT2D eigenvalue weighted by Crippen LogP contribution is -2.72. The summed E-state index contributed by atoms with van der Waals surface area (Å²) in [4.78, 5) is 50.8. The number of carbonyl (C=O) groups is 1. The molecule has 0 aromatic heterocycles. The minimum Gasteiger partial charge on any atom is -0.480 e. The van der Waals surface area contributed by atoms with E-state index in [1.165, 1.54) is 6.92 Å². The molecule has 24 heavy (non-hydrogen) atoms. The highest BCUT2D eigenvalue weighted by Crippen LogP contribution is 2.35. The van der Waals surface area contributed by atoms with Crippen LogP contribution in [0.5, 0.6) is 0 Å². The molecule has 0 saturated carbocycles. The molecule has 0 amide bonds. The average Bonchev–Trinajstić information content (AvgIpc) is 2.46. The third-order valence-corrected chi connectivity index (χ3v) is 3.95. The van der Waals surface area contributed by atoms with E-state index < -0.39 is 62.5 Å². The van der Waals surface area contributed by atoms with Crippen molar-refractivity contribution in [3.8, 4) is 0 Å². The molecule has 1 atom stereocenters. The number of carboxylic acids is 1. The normalized spacial score (nSPS) is 20.7. The third-order valence-electron chi connectivity index (χ3n) is 3.95. The summed E-state index contributed by atoms with van der Waals surface area (Å²) in [5, 5.41) is 54.0. The number of aliphatic carboxylic acids is 1. The molecule has 0 spiro atoms. The molecule has 1 aliphatic rings. The Labute approximate surface area is 132 Å². The molecule has 1 heterocycles. The van der Waals surface area contributed by atoms with Crippen molar-refractivity contribution in [2.24, 2.45) is 0 Å². The van der Waals surface area contributed by atoms with Gasteiger partial charge in [-0.25, -0.2) is 0 Å². The fourth-order valence-corrected chi connectivity index (χ4v) is 2.70. The second-order valence-electron chi connectivity index (χ2n) is 5.34. The van der Waals surface area contributed by atoms with Gasteiger partial charge >= 0.3 is 17.3 Å². The van der Waals surface area contributed by atoms with Gasteiger partial charge in [0, 0.05) is 0 Å². The summed E-state index contributed by atoms with van der Waals surface area (Å²) in [6, 6.07) is -1.58. The van der Waals surface area contributed by atoms with Crippen molar-refractivity contribution in [3.63, 3.8) is 0 Å². The Hall–Kier alpha value is -2.97. The second kappa shape index (κ2) is 6.26. The molecule has 1 fully saturated rings. The Morgan fingerprint density at radius 1 is 1.00 bits per heavy atom. The van der Waals surface area contributed by atoms with Gasteiger partial charge in [0.15, 0.2) is 0 Å². The number of rotatable bonds is 7. The lowest BCUT2D eigenvalue weighted by atomic mass is 9.88. The predicted molar refractivity (Wildman–Crippen MR) is 71.3 cm³/mol. The summed E-state index contributed by atoms with van der Waals surface area (Å²) in [7, 11) is 0. The minimum absolute atomic E-state index is 0.216. The van der Waals surface area contributed by atoms with Gasteiger partial charge < -0.3 is 5.11 Å². The summed E-state index contributed by atoms with van der Waals surface area (Å²) in [6.45, 7) is -0.865. The van der Waals surface area contributed by atoms with Gasteiger partial charge in [0.05, 0.1) is 0 Å². The van der Waals surface area contributed by atoms with E-state index in [1.54, 1.807) is 0 Å². The first-order valence-electron chi connectivity index (χ1n) is 6.49. The Morgan fingerprint density at radius 3 is 1.54 bits per heavy atom. The van der Waals surface area contributed by atoms with Crippen molar-refractivity contribution in [1.82, 2.24) is 4.90 Å². The smallest absolute Gasteiger partial charge is 0.480 e. The molecule has 0 radical (unpaired) electrons. The molecule has 0 bridgehead atoms. The van der Waals surface area contributed by atoms with Gasteiger partial charge in [-0.15, -0.1) is 0 Å². The lowest BCUT2D eigenvalue weighted by Gasteiger charge is -2.36. The van der Waals surface area contributed by atoms with Crippen LogP contribution in [-0.2, 0) is 4.79 Å². The molecule has 0 aliphatic carbocycles. The first kappa shape index (κ1) is 19.1. The largest absolute Gasteiger partial charge is 0.485 e. The lowest BCUT2D eigenvalue weighted by molar-refractivity contribution is -0.854. The van der Waals surface area contributed by atoms with E-state index in [9.17, 15) is 45.3 Å². The highest BCUT2D eigenvalue weighted by molar-refractivity contribution is 5.73. The van der Waals surface area contributed by atoms with E-state index in [-0.39, 0.29) is 6.42 Å². The van der Waals surface area contributed by atoms with Gasteiger partial charge in [0.2, 0.25) is 6.42 Å². The van der Waals surface area contributed by atoms with Crippen LogP contribution in [0.25, 0.3) is 0 Å². The molecule has 0 aromatic rings. The zero-order valence-corrected chi connectivity index (χ0v) is 12.3. The molecule has 15 nitrogen and oxygen atoms in total. The van der Waals surface area contributed by atoms with E-state index in [2.05, 4.69) is 0 Å². The molecule has 0 aromatic carbocycles. The maximum absolute atomic E-state index is 11.2. The SMILES string of the molecule is CCC(C(=O)O)N1CC([N+](=O)[O-])([N+](=O)[O-])CC([N+](=O)[O-])([N+](=O)[O-])C1. The van der Waals surface area contributed by atoms with Crippen LogP contribution in [-0.4, -0.2) is 66.1 Å². The number of likely N-dealkylation sites (tertiary alicyclic amines) is 1. The van der Waals surface area contributed by atoms with Crippen molar-refractivity contribution in [1.29, 1.82) is 0 Å². The second-order valence-corrected chi connectivity index (χ2v) is 5.34. The summed E-state index contributed by atoms with van der Waals surface area (Å²) < 4.78 is 0. The molecular weight excluding hydrogens is 338 g/mol. The zero-order chi connectivity index (χ0) is 18.9. The van der Waals surface area contributed by atoms with Crippen LogP contribution >= 0.6 is 0 Å². The fraction of sp³-hybridized carbons (Fsp3) is 0.889. The van der Waals surface area contributed by atoms with Crippen LogP contribution in [0.2, 0.25) is 0 Å². The first-order valence-corrected chi connectivity index (χ1v) is 6.49. The topological polar surface area (TPSA) is 213 Å². The van der Waals surface area contributed by atoms with Crippen molar-refractivity contribution in [2.75, 3.05) is 13.1 Å². The number of hydrogen-bond donors (Lipinski definition) is 1. The van der Waals surface area contributed by atoms with Gasteiger partial charge in [0.25, 0.3) is 0 Å². The maximum atomic E-state index is 11.2.